The number of hydrogen-bond acceptors (Lipinski definition) is 5. The highest BCUT2D eigenvalue weighted by atomic mass is 16.5. The molecule has 0 aliphatic carbocycles. The van der Waals surface area contributed by atoms with Crippen LogP contribution in [0.1, 0.15) is 11.1 Å². The molecule has 0 aromatic heterocycles. The number of ether oxygens (including phenoxy) is 3. The van der Waals surface area contributed by atoms with E-state index in [1.807, 2.05) is 0 Å². The molecule has 2 N–H and O–H groups in total. The van der Waals surface area contributed by atoms with Crippen molar-refractivity contribution in [2.75, 3.05) is 26.1 Å². The molecule has 0 spiro atoms. The summed E-state index contributed by atoms with van der Waals surface area (Å²) in [5, 5.41) is 11.4. The third-order valence-corrected chi connectivity index (χ3v) is 3.86. The van der Waals surface area contributed by atoms with Gasteiger partial charge in [-0.1, -0.05) is 12.1 Å². The molecule has 0 saturated heterocycles. The van der Waals surface area contributed by atoms with E-state index in [9.17, 15) is 9.59 Å². The lowest BCUT2D eigenvalue weighted by Gasteiger charge is -2.09. The van der Waals surface area contributed by atoms with Gasteiger partial charge in [-0.2, -0.15) is 0 Å². The van der Waals surface area contributed by atoms with Gasteiger partial charge in [-0.15, -0.1) is 0 Å². The molecule has 0 unspecified atom stereocenters. The van der Waals surface area contributed by atoms with Gasteiger partial charge in [0.05, 0.1) is 19.9 Å². The average molecular weight is 355 g/mol. The molecule has 0 atom stereocenters. The Hall–Kier alpha value is -3.48. The zero-order valence-electron chi connectivity index (χ0n) is 14.2. The van der Waals surface area contributed by atoms with Crippen molar-refractivity contribution in [1.82, 2.24) is 0 Å². The van der Waals surface area contributed by atoms with Crippen molar-refractivity contribution in [3.8, 4) is 17.2 Å². The lowest BCUT2D eigenvalue weighted by Crippen LogP contribution is -2.09. The normalized spacial score (nSPS) is 13.9. The first-order valence-corrected chi connectivity index (χ1v) is 7.76. The smallest absolute Gasteiger partial charge is 0.341 e. The Morgan fingerprint density at radius 3 is 2.38 bits per heavy atom. The van der Waals surface area contributed by atoms with Crippen molar-refractivity contribution in [1.29, 1.82) is 0 Å². The van der Waals surface area contributed by atoms with Crippen LogP contribution >= 0.6 is 0 Å². The van der Waals surface area contributed by atoms with Gasteiger partial charge >= 0.3 is 5.97 Å². The van der Waals surface area contributed by atoms with Crippen LogP contribution in [-0.2, 0) is 9.59 Å². The van der Waals surface area contributed by atoms with Crippen LogP contribution < -0.4 is 19.5 Å². The number of carboxylic acid groups (broad SMARTS) is 1. The molecular weight excluding hydrogens is 338 g/mol. The molecule has 1 aliphatic heterocycles. The minimum atomic E-state index is -1.04. The Balaban J connectivity index is 1.90. The van der Waals surface area contributed by atoms with Gasteiger partial charge in [0.25, 0.3) is 5.91 Å². The third kappa shape index (κ3) is 3.46. The predicted octanol–water partition coefficient (Wildman–Crippen LogP) is 2.66. The van der Waals surface area contributed by atoms with Crippen LogP contribution in [0.2, 0.25) is 0 Å². The number of benzene rings is 2. The predicted molar refractivity (Wildman–Crippen MR) is 95.6 cm³/mol. The van der Waals surface area contributed by atoms with Crippen LogP contribution in [0.5, 0.6) is 17.2 Å². The van der Waals surface area contributed by atoms with Crippen molar-refractivity contribution < 1.29 is 28.9 Å². The topological polar surface area (TPSA) is 94.1 Å². The average Bonchev–Trinajstić information content (AvgIpc) is 2.94. The van der Waals surface area contributed by atoms with Crippen LogP contribution in [0.15, 0.2) is 36.4 Å². The molecule has 2 aromatic carbocycles. The molecule has 0 bridgehead atoms. The second-order valence-electron chi connectivity index (χ2n) is 5.52. The van der Waals surface area contributed by atoms with Crippen molar-refractivity contribution in [2.24, 2.45) is 0 Å². The highest BCUT2D eigenvalue weighted by Crippen LogP contribution is 2.41. The van der Waals surface area contributed by atoms with Crippen molar-refractivity contribution in [3.05, 3.63) is 47.5 Å². The molecular formula is C19H17NO6. The van der Waals surface area contributed by atoms with Gasteiger partial charge in [0.15, 0.2) is 18.1 Å². The molecule has 0 fully saturated rings. The largest absolute Gasteiger partial charge is 0.493 e. The molecule has 0 saturated carbocycles. The summed E-state index contributed by atoms with van der Waals surface area (Å²) < 4.78 is 15.6. The summed E-state index contributed by atoms with van der Waals surface area (Å²) in [7, 11) is 3.07. The minimum absolute atomic E-state index is 0.221. The van der Waals surface area contributed by atoms with E-state index in [0.717, 1.165) is 11.1 Å². The number of carbonyl (C=O) groups is 2. The molecule has 1 heterocycles. The Bertz CT molecular complexity index is 886. The first kappa shape index (κ1) is 17.3. The Labute approximate surface area is 149 Å². The standard InChI is InChI=1S/C19H17NO6/c1-24-16-8-13-14(19(23)20-15(13)9-17(16)25-2)7-11-3-5-12(6-4-11)26-10-18(21)22/h3-9H,10H2,1-2H3,(H,20,23)(H,21,22)/b14-7+. The second-order valence-corrected chi connectivity index (χ2v) is 5.52. The number of carboxylic acids is 1. The summed E-state index contributed by atoms with van der Waals surface area (Å²) in [5.41, 5.74) is 2.65. The number of fused-ring (bicyclic) bond motifs is 1. The van der Waals surface area contributed by atoms with Gasteiger partial charge in [0, 0.05) is 17.2 Å². The van der Waals surface area contributed by atoms with E-state index in [0.29, 0.717) is 28.5 Å². The third-order valence-electron chi connectivity index (χ3n) is 3.86. The van der Waals surface area contributed by atoms with E-state index < -0.39 is 12.6 Å². The van der Waals surface area contributed by atoms with Crippen molar-refractivity contribution >= 4 is 29.2 Å². The van der Waals surface area contributed by atoms with E-state index >= 15 is 0 Å². The van der Waals surface area contributed by atoms with Gasteiger partial charge < -0.3 is 24.6 Å². The molecule has 3 rings (SSSR count). The maximum atomic E-state index is 12.3. The van der Waals surface area contributed by atoms with E-state index in [4.69, 9.17) is 19.3 Å². The van der Waals surface area contributed by atoms with Crippen LogP contribution in [0, 0.1) is 0 Å². The SMILES string of the molecule is COc1cc2c(cc1OC)/C(=C\c1ccc(OCC(=O)O)cc1)C(=O)N2. The van der Waals surface area contributed by atoms with Gasteiger partial charge in [-0.3, -0.25) is 4.79 Å². The first-order valence-electron chi connectivity index (χ1n) is 7.76. The number of anilines is 1. The summed E-state index contributed by atoms with van der Waals surface area (Å²) >= 11 is 0. The molecule has 7 heteroatoms. The zero-order valence-corrected chi connectivity index (χ0v) is 14.2. The van der Waals surface area contributed by atoms with Crippen LogP contribution in [0.25, 0.3) is 11.6 Å². The number of rotatable bonds is 6. The van der Waals surface area contributed by atoms with Crippen LogP contribution in [0.3, 0.4) is 0 Å². The number of aliphatic carboxylic acids is 1. The summed E-state index contributed by atoms with van der Waals surface area (Å²) in [6, 6.07) is 10.3. The Morgan fingerprint density at radius 2 is 1.77 bits per heavy atom. The summed E-state index contributed by atoms with van der Waals surface area (Å²) in [6.45, 7) is -0.405. The highest BCUT2D eigenvalue weighted by molar-refractivity contribution is 6.35. The summed E-state index contributed by atoms with van der Waals surface area (Å²) in [5.74, 6) is 0.248. The number of carbonyl (C=O) groups excluding carboxylic acids is 1. The zero-order chi connectivity index (χ0) is 18.7. The molecule has 134 valence electrons. The van der Waals surface area contributed by atoms with E-state index in [-0.39, 0.29) is 5.91 Å². The van der Waals surface area contributed by atoms with Gasteiger partial charge in [0.2, 0.25) is 0 Å². The number of methoxy groups -OCH3 is 2. The van der Waals surface area contributed by atoms with E-state index in [1.165, 1.54) is 14.2 Å². The molecule has 7 nitrogen and oxygen atoms in total. The van der Waals surface area contributed by atoms with Crippen LogP contribution in [-0.4, -0.2) is 37.8 Å². The van der Waals surface area contributed by atoms with Crippen LogP contribution in [0.4, 0.5) is 5.69 Å². The van der Waals surface area contributed by atoms with E-state index in [2.05, 4.69) is 5.32 Å². The number of nitrogens with one attached hydrogen (secondary N) is 1. The lowest BCUT2D eigenvalue weighted by atomic mass is 10.0. The highest BCUT2D eigenvalue weighted by Gasteiger charge is 2.26. The van der Waals surface area contributed by atoms with Gasteiger partial charge in [-0.05, 0) is 29.8 Å². The Morgan fingerprint density at radius 1 is 1.12 bits per heavy atom. The molecule has 1 aliphatic rings. The molecule has 1 amide bonds. The fourth-order valence-corrected chi connectivity index (χ4v) is 2.63. The maximum absolute atomic E-state index is 12.3. The van der Waals surface area contributed by atoms with Crippen molar-refractivity contribution in [3.63, 3.8) is 0 Å². The van der Waals surface area contributed by atoms with Gasteiger partial charge in [0.1, 0.15) is 5.75 Å². The lowest BCUT2D eigenvalue weighted by molar-refractivity contribution is -0.139. The van der Waals surface area contributed by atoms with E-state index in [1.54, 1.807) is 42.5 Å². The molecule has 0 radical (unpaired) electrons. The number of hydrogen-bond donors (Lipinski definition) is 2. The second kappa shape index (κ2) is 7.18. The fraction of sp³-hybridized carbons (Fsp3) is 0.158. The van der Waals surface area contributed by atoms with Crippen molar-refractivity contribution in [2.45, 2.75) is 0 Å². The maximum Gasteiger partial charge on any atom is 0.341 e. The fourth-order valence-electron chi connectivity index (χ4n) is 2.63. The van der Waals surface area contributed by atoms with Gasteiger partial charge in [-0.25, -0.2) is 4.79 Å². The minimum Gasteiger partial charge on any atom is -0.493 e. The first-order chi connectivity index (χ1) is 12.5. The quantitative estimate of drug-likeness (QED) is 0.774. The molecule has 2 aromatic rings. The number of amides is 1. The monoisotopic (exact) mass is 355 g/mol. The molecule has 26 heavy (non-hydrogen) atoms. The summed E-state index contributed by atoms with van der Waals surface area (Å²) in [6.07, 6.45) is 1.74. The Kier molecular flexibility index (Phi) is 4.79. The summed E-state index contributed by atoms with van der Waals surface area (Å²) in [4.78, 5) is 22.9.